The molecule has 1 heterocycles. The number of nitrogens with two attached hydrogens (primary N) is 1. The summed E-state index contributed by atoms with van der Waals surface area (Å²) < 4.78 is 0. The fraction of sp³-hybridized carbons (Fsp3) is 0.538. The van der Waals surface area contributed by atoms with Crippen molar-refractivity contribution in [2.24, 2.45) is 26.7 Å². The Bertz CT molecular complexity index is 1220. The van der Waals surface area contributed by atoms with Crippen LogP contribution in [-0.4, -0.2) is 52.3 Å². The fourth-order valence-corrected chi connectivity index (χ4v) is 4.85. The van der Waals surface area contributed by atoms with Crippen molar-refractivity contribution in [2.75, 3.05) is 13.1 Å². The van der Waals surface area contributed by atoms with Gasteiger partial charge in [0.2, 0.25) is 0 Å². The van der Waals surface area contributed by atoms with Gasteiger partial charge in [0.1, 0.15) is 11.8 Å². The highest BCUT2D eigenvalue weighted by Gasteiger charge is 2.39. The molecule has 1 aliphatic rings. The number of nitroso groups, excluding NO2 is 1. The number of amides is 2. The second-order valence-electron chi connectivity index (χ2n) is 10.9. The lowest BCUT2D eigenvalue weighted by Crippen LogP contribution is -2.43. The number of halogens is 2. The van der Waals surface area contributed by atoms with E-state index in [0.29, 0.717) is 31.4 Å². The number of nitriles is 1. The predicted molar refractivity (Wildman–Crippen MR) is 146 cm³/mol. The number of rotatable bonds is 8. The molecular formula is C26H32Cl2N6O4. The third-order valence-electron chi connectivity index (χ3n) is 6.44. The summed E-state index contributed by atoms with van der Waals surface area (Å²) in [6, 6.07) is 1.60. The van der Waals surface area contributed by atoms with E-state index in [1.165, 1.54) is 11.1 Å². The van der Waals surface area contributed by atoms with Crippen molar-refractivity contribution in [3.63, 3.8) is 0 Å². The van der Waals surface area contributed by atoms with E-state index in [2.05, 4.69) is 15.2 Å². The highest BCUT2D eigenvalue weighted by atomic mass is 35.5. The minimum Gasteiger partial charge on any atom is -0.404 e. The molecule has 10 nitrogen and oxygen atoms in total. The molecule has 0 spiro atoms. The first-order valence-corrected chi connectivity index (χ1v) is 12.8. The Kier molecular flexibility index (Phi) is 10.3. The molecule has 1 aromatic heterocycles. The van der Waals surface area contributed by atoms with Crippen LogP contribution in [0.3, 0.4) is 0 Å². The first-order chi connectivity index (χ1) is 17.7. The maximum atomic E-state index is 13.7. The quantitative estimate of drug-likeness (QED) is 0.206. The van der Waals surface area contributed by atoms with E-state index >= 15 is 0 Å². The molecule has 2 rings (SSSR count). The molecule has 0 aromatic carbocycles. The molecule has 0 bridgehead atoms. The minimum atomic E-state index is -0.860. The summed E-state index contributed by atoms with van der Waals surface area (Å²) >= 11 is 12.5. The largest absolute Gasteiger partial charge is 0.404 e. The van der Waals surface area contributed by atoms with Crippen molar-refractivity contribution in [2.45, 2.75) is 66.3 Å². The molecule has 2 amide bonds. The minimum absolute atomic E-state index is 0.0598. The second-order valence-corrected chi connectivity index (χ2v) is 11.7. The number of hydrogen-bond donors (Lipinski definition) is 1. The Morgan fingerprint density at radius 3 is 2.39 bits per heavy atom. The first-order valence-electron chi connectivity index (χ1n) is 12.1. The zero-order valence-electron chi connectivity index (χ0n) is 22.2. The van der Waals surface area contributed by atoms with Gasteiger partial charge in [-0.2, -0.15) is 5.26 Å². The number of carbonyl (C=O) groups is 3. The van der Waals surface area contributed by atoms with Crippen molar-refractivity contribution < 1.29 is 14.4 Å². The zero-order chi connectivity index (χ0) is 28.8. The van der Waals surface area contributed by atoms with Crippen molar-refractivity contribution in [3.8, 4) is 6.07 Å². The van der Waals surface area contributed by atoms with E-state index in [4.69, 9.17) is 28.9 Å². The monoisotopic (exact) mass is 562 g/mol. The molecule has 0 aliphatic heterocycles. The maximum absolute atomic E-state index is 13.7. The molecule has 1 saturated carbocycles. The van der Waals surface area contributed by atoms with Gasteiger partial charge < -0.3 is 10.6 Å². The molecule has 204 valence electrons. The molecule has 0 radical (unpaired) electrons. The van der Waals surface area contributed by atoms with Crippen LogP contribution in [0.2, 0.25) is 10.0 Å². The molecule has 0 saturated heterocycles. The summed E-state index contributed by atoms with van der Waals surface area (Å²) in [7, 11) is 0. The summed E-state index contributed by atoms with van der Waals surface area (Å²) in [5.74, 6) is -1.84. The summed E-state index contributed by atoms with van der Waals surface area (Å²) in [5, 5.41) is 12.6. The second kappa shape index (κ2) is 12.6. The number of carbonyl (C=O) groups excluding carboxylic acids is 3. The van der Waals surface area contributed by atoms with Gasteiger partial charge in [0.25, 0.3) is 11.8 Å². The van der Waals surface area contributed by atoms with E-state index in [1.54, 1.807) is 13.8 Å². The van der Waals surface area contributed by atoms with Gasteiger partial charge in [-0.3, -0.25) is 24.4 Å². The molecule has 38 heavy (non-hydrogen) atoms. The maximum Gasteiger partial charge on any atom is 0.292 e. The number of aromatic nitrogens is 1. The van der Waals surface area contributed by atoms with Crippen LogP contribution in [0.5, 0.6) is 0 Å². The van der Waals surface area contributed by atoms with Crippen LogP contribution in [0.4, 0.5) is 0 Å². The van der Waals surface area contributed by atoms with Gasteiger partial charge in [-0.05, 0) is 38.0 Å². The van der Waals surface area contributed by atoms with Crippen molar-refractivity contribution in [1.29, 1.82) is 5.26 Å². The van der Waals surface area contributed by atoms with Gasteiger partial charge in [-0.1, -0.05) is 50.9 Å². The SMILES string of the molecule is Cc1ncc(Cl)c(C(=O)CN(CC(C)(C)C)C(=O)C(=CN)C(C#N)=NC2CCC(C)(C(=O)N=O)CC2)c1Cl. The van der Waals surface area contributed by atoms with Crippen LogP contribution >= 0.6 is 23.2 Å². The number of hydrogen-bond acceptors (Lipinski definition) is 8. The molecule has 2 N–H and O–H groups in total. The average Bonchev–Trinajstić information content (AvgIpc) is 2.85. The molecule has 1 aliphatic carbocycles. The van der Waals surface area contributed by atoms with E-state index in [-0.39, 0.29) is 46.0 Å². The van der Waals surface area contributed by atoms with Crippen LogP contribution in [0.1, 0.15) is 69.4 Å². The highest BCUT2D eigenvalue weighted by Crippen LogP contribution is 2.38. The first kappa shape index (κ1) is 31.1. The van der Waals surface area contributed by atoms with Gasteiger partial charge >= 0.3 is 0 Å². The molecule has 1 aromatic rings. The molecule has 12 heteroatoms. The van der Waals surface area contributed by atoms with E-state index < -0.39 is 28.4 Å². The van der Waals surface area contributed by atoms with Crippen LogP contribution in [0.15, 0.2) is 28.1 Å². The highest BCUT2D eigenvalue weighted by molar-refractivity contribution is 6.40. The molecular weight excluding hydrogens is 531 g/mol. The lowest BCUT2D eigenvalue weighted by molar-refractivity contribution is -0.128. The Hall–Kier alpha value is -3.16. The van der Waals surface area contributed by atoms with Gasteiger partial charge in [0, 0.05) is 24.1 Å². The summed E-state index contributed by atoms with van der Waals surface area (Å²) in [4.78, 5) is 59.3. The number of aliphatic imine (C=N–C) groups is 1. The van der Waals surface area contributed by atoms with Gasteiger partial charge in [-0.15, -0.1) is 4.91 Å². The lowest BCUT2D eigenvalue weighted by Gasteiger charge is -2.32. The van der Waals surface area contributed by atoms with Crippen molar-refractivity contribution in [1.82, 2.24) is 9.88 Å². The number of Topliss-reactive ketones (excluding diaryl/α,β-unsaturated/α-hetero) is 1. The Morgan fingerprint density at radius 2 is 1.89 bits per heavy atom. The Balaban J connectivity index is 2.35. The molecule has 1 fully saturated rings. The number of ketones is 1. The van der Waals surface area contributed by atoms with Crippen LogP contribution in [0.25, 0.3) is 0 Å². The van der Waals surface area contributed by atoms with Gasteiger partial charge in [0.05, 0.1) is 44.9 Å². The number of pyridine rings is 1. The lowest BCUT2D eigenvalue weighted by atomic mass is 9.73. The predicted octanol–water partition coefficient (Wildman–Crippen LogP) is 4.80. The standard InChI is InChI=1S/C26H32Cl2N6O4/c1-15-22(28)21(18(27)12-31-15)20(35)13-34(14-25(2,3)4)23(36)17(10-29)19(11-30)32-16-6-8-26(5,9-7-16)24(37)33-38/h10,12,16H,6-9,13-14,29H2,1-5H3. The Morgan fingerprint density at radius 1 is 1.29 bits per heavy atom. The van der Waals surface area contributed by atoms with Crippen LogP contribution in [0, 0.1) is 34.0 Å². The smallest absolute Gasteiger partial charge is 0.292 e. The molecule has 0 unspecified atom stereocenters. The van der Waals surface area contributed by atoms with E-state index in [1.807, 2.05) is 26.8 Å². The van der Waals surface area contributed by atoms with Gasteiger partial charge in [0.15, 0.2) is 5.78 Å². The van der Waals surface area contributed by atoms with E-state index in [0.717, 1.165) is 6.20 Å². The van der Waals surface area contributed by atoms with E-state index in [9.17, 15) is 24.6 Å². The third kappa shape index (κ3) is 7.45. The fourth-order valence-electron chi connectivity index (χ4n) is 4.30. The Labute approximate surface area is 232 Å². The average molecular weight is 563 g/mol. The van der Waals surface area contributed by atoms with Crippen LogP contribution < -0.4 is 5.73 Å². The summed E-state index contributed by atoms with van der Waals surface area (Å²) in [5.41, 5.74) is 4.69. The number of aryl methyl sites for hydroxylation is 1. The number of nitrogens with zero attached hydrogens (tertiary/aromatic N) is 5. The van der Waals surface area contributed by atoms with Crippen LogP contribution in [-0.2, 0) is 9.59 Å². The third-order valence-corrected chi connectivity index (χ3v) is 7.19. The summed E-state index contributed by atoms with van der Waals surface area (Å²) in [6.45, 7) is 8.81. The topological polar surface area (TPSA) is 159 Å². The van der Waals surface area contributed by atoms with Crippen molar-refractivity contribution in [3.05, 3.63) is 44.2 Å². The van der Waals surface area contributed by atoms with Gasteiger partial charge in [-0.25, -0.2) is 0 Å². The molecule has 0 atom stereocenters. The normalized spacial score (nSPS) is 20.4. The summed E-state index contributed by atoms with van der Waals surface area (Å²) in [6.07, 6.45) is 3.93. The van der Waals surface area contributed by atoms with Crippen molar-refractivity contribution >= 4 is 46.5 Å². The zero-order valence-corrected chi connectivity index (χ0v) is 23.7.